The Balaban J connectivity index is 1.81. The highest BCUT2D eigenvalue weighted by atomic mass is 19.3. The fourth-order valence-corrected chi connectivity index (χ4v) is 4.18. The Morgan fingerprint density at radius 2 is 1.69 bits per heavy atom. The molecular weight excluding hydrogens is 380 g/mol. The van der Waals surface area contributed by atoms with Gasteiger partial charge in [-0.2, -0.15) is 0 Å². The van der Waals surface area contributed by atoms with E-state index < -0.39 is 35.8 Å². The van der Waals surface area contributed by atoms with Crippen LogP contribution in [0.5, 0.6) is 0 Å². The molecule has 0 N–H and O–H groups in total. The maximum absolute atomic E-state index is 14.8. The number of halogens is 4. The average molecular weight is 408 g/mol. The second-order valence-electron chi connectivity index (χ2n) is 7.87. The molecule has 0 spiro atoms. The number of rotatable bonds is 7. The molecular formula is C24H28F4O. The largest absolute Gasteiger partial charge is 0.381 e. The number of aryl methyl sites for hydroxylation is 1. The topological polar surface area (TPSA) is 9.23 Å². The third kappa shape index (κ3) is 4.82. The number of alkyl halides is 2. The van der Waals surface area contributed by atoms with Crippen molar-refractivity contribution in [2.45, 2.75) is 57.8 Å². The molecule has 2 aromatic carbocycles. The lowest BCUT2D eigenvalue weighted by Gasteiger charge is -2.36. The van der Waals surface area contributed by atoms with Crippen LogP contribution in [-0.4, -0.2) is 19.1 Å². The van der Waals surface area contributed by atoms with Gasteiger partial charge in [0.05, 0.1) is 6.61 Å². The lowest BCUT2D eigenvalue weighted by atomic mass is 9.76. The van der Waals surface area contributed by atoms with Gasteiger partial charge in [-0.3, -0.25) is 0 Å². The average Bonchev–Trinajstić information content (AvgIpc) is 2.69. The fraction of sp³-hybridized carbons (Fsp3) is 0.500. The summed E-state index contributed by atoms with van der Waals surface area (Å²) < 4.78 is 63.8. The molecule has 0 saturated heterocycles. The van der Waals surface area contributed by atoms with Crippen molar-refractivity contribution >= 4 is 0 Å². The predicted molar refractivity (Wildman–Crippen MR) is 107 cm³/mol. The molecule has 2 unspecified atom stereocenters. The van der Waals surface area contributed by atoms with E-state index >= 15 is 0 Å². The molecule has 158 valence electrons. The normalized spacial score (nSPS) is 21.3. The van der Waals surface area contributed by atoms with Gasteiger partial charge < -0.3 is 4.74 Å². The van der Waals surface area contributed by atoms with Gasteiger partial charge in [-0.15, -0.1) is 0 Å². The molecule has 1 saturated carbocycles. The van der Waals surface area contributed by atoms with Gasteiger partial charge in [0.15, 0.2) is 11.6 Å². The first kappa shape index (κ1) is 21.8. The Labute approximate surface area is 170 Å². The Kier molecular flexibility index (Phi) is 6.99. The molecule has 3 rings (SSSR count). The predicted octanol–water partition coefficient (Wildman–Crippen LogP) is 7.14. The smallest absolute Gasteiger partial charge is 0.253 e. The minimum atomic E-state index is -2.95. The van der Waals surface area contributed by atoms with Crippen LogP contribution in [0.25, 0.3) is 11.1 Å². The van der Waals surface area contributed by atoms with E-state index in [0.717, 1.165) is 18.4 Å². The summed E-state index contributed by atoms with van der Waals surface area (Å²) in [5.74, 6) is -6.49. The summed E-state index contributed by atoms with van der Waals surface area (Å²) in [4.78, 5) is 0. The molecule has 5 heteroatoms. The summed E-state index contributed by atoms with van der Waals surface area (Å²) >= 11 is 0. The zero-order valence-corrected chi connectivity index (χ0v) is 17.0. The molecule has 2 atom stereocenters. The first-order valence-corrected chi connectivity index (χ1v) is 10.4. The van der Waals surface area contributed by atoms with Gasteiger partial charge in [0.1, 0.15) is 0 Å². The van der Waals surface area contributed by atoms with Crippen LogP contribution in [0.4, 0.5) is 17.6 Å². The van der Waals surface area contributed by atoms with Gasteiger partial charge in [-0.05, 0) is 48.8 Å². The zero-order valence-electron chi connectivity index (χ0n) is 17.0. The third-order valence-corrected chi connectivity index (χ3v) is 5.86. The van der Waals surface area contributed by atoms with Crippen molar-refractivity contribution in [1.82, 2.24) is 0 Å². The van der Waals surface area contributed by atoms with E-state index in [9.17, 15) is 17.6 Å². The summed E-state index contributed by atoms with van der Waals surface area (Å²) in [6.07, 6.45) is 2.09. The summed E-state index contributed by atoms with van der Waals surface area (Å²) in [5.41, 5.74) is 1.92. The zero-order chi connectivity index (χ0) is 21.0. The van der Waals surface area contributed by atoms with E-state index in [1.807, 2.05) is 12.1 Å². The maximum atomic E-state index is 14.8. The van der Waals surface area contributed by atoms with Crippen molar-refractivity contribution in [3.05, 3.63) is 59.2 Å². The minimum Gasteiger partial charge on any atom is -0.381 e. The van der Waals surface area contributed by atoms with Crippen molar-refractivity contribution in [2.24, 2.45) is 5.92 Å². The van der Waals surface area contributed by atoms with Gasteiger partial charge in [0.25, 0.3) is 5.92 Å². The van der Waals surface area contributed by atoms with E-state index in [0.29, 0.717) is 18.6 Å². The first-order valence-electron chi connectivity index (χ1n) is 10.4. The highest BCUT2D eigenvalue weighted by Crippen LogP contribution is 2.46. The second-order valence-corrected chi connectivity index (χ2v) is 7.87. The number of hydrogen-bond acceptors (Lipinski definition) is 1. The molecule has 1 aliphatic carbocycles. The quantitative estimate of drug-likeness (QED) is 0.443. The number of ether oxygens (including phenoxy) is 1. The van der Waals surface area contributed by atoms with Crippen LogP contribution in [0.3, 0.4) is 0 Å². The molecule has 1 fully saturated rings. The van der Waals surface area contributed by atoms with Gasteiger partial charge >= 0.3 is 0 Å². The molecule has 1 nitrogen and oxygen atoms in total. The maximum Gasteiger partial charge on any atom is 0.253 e. The second kappa shape index (κ2) is 9.29. The van der Waals surface area contributed by atoms with Crippen molar-refractivity contribution < 1.29 is 22.3 Å². The van der Waals surface area contributed by atoms with Crippen molar-refractivity contribution in [3.8, 4) is 11.1 Å². The Bertz CT molecular complexity index is 816. The lowest BCUT2D eigenvalue weighted by Crippen LogP contribution is -2.38. The third-order valence-electron chi connectivity index (χ3n) is 5.86. The molecule has 0 aromatic heterocycles. The number of hydrogen-bond donors (Lipinski definition) is 0. The van der Waals surface area contributed by atoms with E-state index in [1.165, 1.54) is 12.1 Å². The summed E-state index contributed by atoms with van der Waals surface area (Å²) in [6, 6.07) is 10.3. The van der Waals surface area contributed by atoms with Crippen LogP contribution in [0.1, 0.15) is 56.6 Å². The van der Waals surface area contributed by atoms with E-state index in [4.69, 9.17) is 4.74 Å². The highest BCUT2D eigenvalue weighted by molar-refractivity contribution is 5.65. The number of benzene rings is 2. The Morgan fingerprint density at radius 1 is 0.966 bits per heavy atom. The van der Waals surface area contributed by atoms with Gasteiger partial charge in [0.2, 0.25) is 0 Å². The van der Waals surface area contributed by atoms with Gasteiger partial charge in [-0.25, -0.2) is 17.6 Å². The molecule has 0 radical (unpaired) electrons. The van der Waals surface area contributed by atoms with Crippen LogP contribution in [-0.2, 0) is 11.2 Å². The van der Waals surface area contributed by atoms with Gasteiger partial charge in [-0.1, -0.05) is 49.7 Å². The highest BCUT2D eigenvalue weighted by Gasteiger charge is 2.46. The van der Waals surface area contributed by atoms with Crippen LogP contribution in [0, 0.1) is 17.6 Å². The van der Waals surface area contributed by atoms with Crippen LogP contribution in [0.2, 0.25) is 0 Å². The van der Waals surface area contributed by atoms with E-state index in [1.54, 1.807) is 19.1 Å². The van der Waals surface area contributed by atoms with E-state index in [2.05, 4.69) is 6.92 Å². The van der Waals surface area contributed by atoms with Crippen molar-refractivity contribution in [2.75, 3.05) is 13.2 Å². The molecule has 0 heterocycles. The lowest BCUT2D eigenvalue weighted by molar-refractivity contribution is -0.115. The van der Waals surface area contributed by atoms with E-state index in [-0.39, 0.29) is 24.2 Å². The standard InChI is InChI=1S/C24H28F4O/c1-3-5-16-6-8-17(9-7-16)20-12-13-21(23(26)22(20)25)18-10-11-19(15-29-4-2)24(27,28)14-18/h6-9,12-13,18-19H,3-5,10-11,14-15H2,1-2H3. The minimum absolute atomic E-state index is 0.0000275. The van der Waals surface area contributed by atoms with Crippen LogP contribution >= 0.6 is 0 Å². The van der Waals surface area contributed by atoms with Crippen molar-refractivity contribution in [3.63, 3.8) is 0 Å². The summed E-state index contributed by atoms with van der Waals surface area (Å²) in [6.45, 7) is 4.23. The molecule has 0 aliphatic heterocycles. The Hall–Kier alpha value is -1.88. The molecule has 0 amide bonds. The van der Waals surface area contributed by atoms with Crippen molar-refractivity contribution in [1.29, 1.82) is 0 Å². The monoisotopic (exact) mass is 408 g/mol. The molecule has 2 aromatic rings. The summed E-state index contributed by atoms with van der Waals surface area (Å²) in [5, 5.41) is 0. The molecule has 0 bridgehead atoms. The summed E-state index contributed by atoms with van der Waals surface area (Å²) in [7, 11) is 0. The fourth-order valence-electron chi connectivity index (χ4n) is 4.18. The van der Waals surface area contributed by atoms with Gasteiger partial charge in [0, 0.05) is 24.5 Å². The molecule has 1 aliphatic rings. The first-order chi connectivity index (χ1) is 13.9. The molecule has 29 heavy (non-hydrogen) atoms. The van der Waals surface area contributed by atoms with Crippen LogP contribution in [0.15, 0.2) is 36.4 Å². The van der Waals surface area contributed by atoms with Crippen LogP contribution < -0.4 is 0 Å². The Morgan fingerprint density at radius 3 is 2.31 bits per heavy atom. The SMILES string of the molecule is CCCc1ccc(-c2ccc(C3CCC(COCC)C(F)(F)C3)c(F)c2F)cc1.